The van der Waals surface area contributed by atoms with Gasteiger partial charge in [0.2, 0.25) is 0 Å². The third-order valence-electron chi connectivity index (χ3n) is 7.14. The number of amides is 1. The molecular formula is C28H49N5O3S. The van der Waals surface area contributed by atoms with E-state index in [1.54, 1.807) is 0 Å². The van der Waals surface area contributed by atoms with E-state index < -0.39 is 16.6 Å². The maximum Gasteiger partial charge on any atom is 0.407 e. The van der Waals surface area contributed by atoms with E-state index >= 15 is 0 Å². The van der Waals surface area contributed by atoms with Crippen LogP contribution in [-0.2, 0) is 15.7 Å². The van der Waals surface area contributed by atoms with Gasteiger partial charge in [-0.3, -0.25) is 4.90 Å². The molecule has 3 aliphatic heterocycles. The number of hydrogen-bond acceptors (Lipinski definition) is 6. The minimum Gasteiger partial charge on any atom is -0.444 e. The molecule has 3 saturated heterocycles. The molecule has 9 heteroatoms. The number of nitrogens with one attached hydrogen (secondary N) is 2. The number of nitrogens with zero attached hydrogens (tertiary/aromatic N) is 3. The zero-order valence-corrected chi connectivity index (χ0v) is 24.4. The first-order chi connectivity index (χ1) is 17.8. The minimum absolute atomic E-state index is 0.0607. The second kappa shape index (κ2) is 14.5. The van der Waals surface area contributed by atoms with Crippen LogP contribution in [0, 0.1) is 5.92 Å². The number of ether oxygens (including phenoxy) is 1. The van der Waals surface area contributed by atoms with Crippen LogP contribution in [-0.4, -0.2) is 90.1 Å². The SMILES string of the molecule is CC.CC(C)(C)OC(=O)NC1CCN(S(=O)c2cccc(N3CCN(CC4CCNCC4)CC3)c2)CC1. The van der Waals surface area contributed by atoms with Gasteiger partial charge in [0.25, 0.3) is 0 Å². The van der Waals surface area contributed by atoms with Crippen molar-refractivity contribution >= 4 is 22.8 Å². The van der Waals surface area contributed by atoms with Gasteiger partial charge >= 0.3 is 6.09 Å². The lowest BCUT2D eigenvalue weighted by atomic mass is 9.97. The molecule has 0 spiro atoms. The summed E-state index contributed by atoms with van der Waals surface area (Å²) in [6.07, 6.45) is 3.75. The molecule has 8 nitrogen and oxygen atoms in total. The summed E-state index contributed by atoms with van der Waals surface area (Å²) in [5.74, 6) is 0.831. The van der Waals surface area contributed by atoms with Crippen molar-refractivity contribution in [1.29, 1.82) is 0 Å². The van der Waals surface area contributed by atoms with Crippen LogP contribution in [0.1, 0.15) is 60.3 Å². The maximum atomic E-state index is 13.3. The number of alkyl carbamates (subject to hydrolysis) is 1. The Kier molecular flexibility index (Phi) is 11.7. The number of benzene rings is 1. The summed E-state index contributed by atoms with van der Waals surface area (Å²) in [4.78, 5) is 18.0. The molecule has 1 unspecified atom stereocenters. The number of anilines is 1. The minimum atomic E-state index is -1.19. The molecule has 4 rings (SSSR count). The molecule has 3 heterocycles. The fraction of sp³-hybridized carbons (Fsp3) is 0.750. The zero-order chi connectivity index (χ0) is 26.8. The smallest absolute Gasteiger partial charge is 0.407 e. The molecule has 1 aromatic carbocycles. The van der Waals surface area contributed by atoms with E-state index in [2.05, 4.69) is 32.6 Å². The van der Waals surface area contributed by atoms with Crippen molar-refractivity contribution < 1.29 is 13.7 Å². The standard InChI is InChI=1S/C26H43N5O3S.C2H6/c1-26(2,3)34-25(32)28-22-9-13-31(14-10-22)35(33)24-6-4-5-23(19-24)30-17-15-29(16-18-30)20-21-7-11-27-12-8-21;1-2/h4-6,19,21-22,27H,7-18,20H2,1-3H3,(H,28,32);1-2H3. The Balaban J connectivity index is 0.00000186. The van der Waals surface area contributed by atoms with Gasteiger partial charge in [0.05, 0.1) is 4.90 Å². The van der Waals surface area contributed by atoms with E-state index in [1.807, 2.05) is 51.1 Å². The second-order valence-electron chi connectivity index (χ2n) is 11.1. The summed E-state index contributed by atoms with van der Waals surface area (Å²) in [7, 11) is -1.19. The average molecular weight is 536 g/mol. The molecule has 0 bridgehead atoms. The van der Waals surface area contributed by atoms with Crippen LogP contribution >= 0.6 is 0 Å². The number of rotatable bonds is 6. The lowest BCUT2D eigenvalue weighted by Gasteiger charge is -2.38. The number of carbonyl (C=O) groups is 1. The largest absolute Gasteiger partial charge is 0.444 e. The number of hydrogen-bond donors (Lipinski definition) is 2. The van der Waals surface area contributed by atoms with E-state index in [1.165, 1.54) is 25.1 Å². The topological polar surface area (TPSA) is 77.2 Å². The van der Waals surface area contributed by atoms with Crippen molar-refractivity contribution in [2.45, 2.75) is 76.8 Å². The Hall–Kier alpha value is -1.68. The second-order valence-corrected chi connectivity index (χ2v) is 12.6. The molecule has 2 N–H and O–H groups in total. The van der Waals surface area contributed by atoms with Gasteiger partial charge in [0.15, 0.2) is 0 Å². The maximum absolute atomic E-state index is 13.3. The van der Waals surface area contributed by atoms with Gasteiger partial charge in [-0.15, -0.1) is 0 Å². The van der Waals surface area contributed by atoms with Gasteiger partial charge in [-0.2, -0.15) is 0 Å². The van der Waals surface area contributed by atoms with Crippen LogP contribution in [0.3, 0.4) is 0 Å². The van der Waals surface area contributed by atoms with E-state index in [-0.39, 0.29) is 12.1 Å². The fourth-order valence-electron chi connectivity index (χ4n) is 5.20. The third-order valence-corrected chi connectivity index (χ3v) is 8.63. The van der Waals surface area contributed by atoms with Crippen molar-refractivity contribution in [2.75, 3.05) is 63.8 Å². The Morgan fingerprint density at radius 2 is 1.68 bits per heavy atom. The van der Waals surface area contributed by atoms with Crippen molar-refractivity contribution in [1.82, 2.24) is 19.8 Å². The molecule has 3 aliphatic rings. The highest BCUT2D eigenvalue weighted by Gasteiger charge is 2.27. The van der Waals surface area contributed by atoms with Crippen molar-refractivity contribution in [3.05, 3.63) is 24.3 Å². The van der Waals surface area contributed by atoms with Gasteiger partial charge in [-0.05, 0) is 83.7 Å². The summed E-state index contributed by atoms with van der Waals surface area (Å²) in [5.41, 5.74) is 0.663. The Morgan fingerprint density at radius 3 is 2.30 bits per heavy atom. The van der Waals surface area contributed by atoms with Crippen LogP contribution in [0.4, 0.5) is 10.5 Å². The Labute approximate surface area is 227 Å². The van der Waals surface area contributed by atoms with Crippen molar-refractivity contribution in [3.63, 3.8) is 0 Å². The van der Waals surface area contributed by atoms with Gasteiger partial charge in [0, 0.05) is 57.5 Å². The Bertz CT molecular complexity index is 856. The van der Waals surface area contributed by atoms with E-state index in [4.69, 9.17) is 4.74 Å². The van der Waals surface area contributed by atoms with Crippen LogP contribution in [0.5, 0.6) is 0 Å². The molecule has 37 heavy (non-hydrogen) atoms. The molecule has 0 saturated carbocycles. The highest BCUT2D eigenvalue weighted by molar-refractivity contribution is 7.82. The molecular weight excluding hydrogens is 486 g/mol. The highest BCUT2D eigenvalue weighted by atomic mass is 32.2. The lowest BCUT2D eigenvalue weighted by Crippen LogP contribution is -2.48. The number of piperazine rings is 1. The normalized spacial score (nSPS) is 21.6. The number of carbonyl (C=O) groups excluding carboxylic acids is 1. The summed E-state index contributed by atoms with van der Waals surface area (Å²) < 4.78 is 20.7. The van der Waals surface area contributed by atoms with Crippen LogP contribution < -0.4 is 15.5 Å². The summed E-state index contributed by atoms with van der Waals surface area (Å²) in [6.45, 7) is 18.7. The van der Waals surface area contributed by atoms with Gasteiger partial charge < -0.3 is 20.3 Å². The van der Waals surface area contributed by atoms with Crippen LogP contribution in [0.2, 0.25) is 0 Å². The highest BCUT2D eigenvalue weighted by Crippen LogP contribution is 2.24. The van der Waals surface area contributed by atoms with E-state index in [9.17, 15) is 9.00 Å². The van der Waals surface area contributed by atoms with Crippen LogP contribution in [0.25, 0.3) is 0 Å². The van der Waals surface area contributed by atoms with Gasteiger partial charge in [0.1, 0.15) is 16.6 Å². The molecule has 3 fully saturated rings. The molecule has 1 aromatic rings. The summed E-state index contributed by atoms with van der Waals surface area (Å²) >= 11 is 0. The van der Waals surface area contributed by atoms with Crippen molar-refractivity contribution in [2.24, 2.45) is 5.92 Å². The van der Waals surface area contributed by atoms with E-state index in [0.29, 0.717) is 13.1 Å². The fourth-order valence-corrected chi connectivity index (χ4v) is 6.45. The third kappa shape index (κ3) is 9.53. The average Bonchev–Trinajstić information content (AvgIpc) is 2.90. The molecule has 1 atom stereocenters. The summed E-state index contributed by atoms with van der Waals surface area (Å²) in [6, 6.07) is 8.30. The predicted molar refractivity (Wildman–Crippen MR) is 152 cm³/mol. The molecule has 0 aliphatic carbocycles. The first-order valence-corrected chi connectivity index (χ1v) is 15.3. The lowest BCUT2D eigenvalue weighted by molar-refractivity contribution is 0.0490. The summed E-state index contributed by atoms with van der Waals surface area (Å²) in [5, 5.41) is 6.41. The van der Waals surface area contributed by atoms with Gasteiger partial charge in [-0.1, -0.05) is 19.9 Å². The molecule has 0 radical (unpaired) electrons. The Morgan fingerprint density at radius 1 is 1.03 bits per heavy atom. The molecule has 0 aromatic heterocycles. The van der Waals surface area contributed by atoms with Crippen LogP contribution in [0.15, 0.2) is 29.2 Å². The van der Waals surface area contributed by atoms with E-state index in [0.717, 1.165) is 62.9 Å². The quantitative estimate of drug-likeness (QED) is 0.576. The van der Waals surface area contributed by atoms with Crippen molar-refractivity contribution in [3.8, 4) is 0 Å². The molecule has 1 amide bonds. The first kappa shape index (κ1) is 29.9. The predicted octanol–water partition coefficient (Wildman–Crippen LogP) is 3.85. The monoisotopic (exact) mass is 535 g/mol. The number of piperidine rings is 2. The molecule has 210 valence electrons. The van der Waals surface area contributed by atoms with Gasteiger partial charge in [-0.25, -0.2) is 13.3 Å². The zero-order valence-electron chi connectivity index (χ0n) is 23.6. The first-order valence-electron chi connectivity index (χ1n) is 14.2.